The molecule has 0 aliphatic carbocycles. The van der Waals surface area contributed by atoms with Gasteiger partial charge in [-0.05, 0) is 27.7 Å². The third kappa shape index (κ3) is 4.95. The van der Waals surface area contributed by atoms with Crippen molar-refractivity contribution in [2.45, 2.75) is 44.3 Å². The molecule has 0 spiro atoms. The van der Waals surface area contributed by atoms with Crippen molar-refractivity contribution in [2.24, 2.45) is 10.2 Å². The van der Waals surface area contributed by atoms with E-state index in [1.807, 2.05) is 0 Å². The topological polar surface area (TPSA) is 132 Å². The number of aliphatic hydroxyl groups is 3. The van der Waals surface area contributed by atoms with Crippen molar-refractivity contribution < 1.29 is 24.9 Å². The molecule has 0 rings (SSSR count). The van der Waals surface area contributed by atoms with E-state index in [0.29, 0.717) is 6.29 Å². The summed E-state index contributed by atoms with van der Waals surface area (Å²) in [4.78, 5) is 22.8. The molecule has 0 fully saturated rings. The first-order valence-electron chi connectivity index (χ1n) is 6.14. The van der Waals surface area contributed by atoms with Gasteiger partial charge in [-0.1, -0.05) is 0 Å². The van der Waals surface area contributed by atoms with Gasteiger partial charge < -0.3 is 25.4 Å². The lowest BCUT2D eigenvalue weighted by Crippen LogP contribution is -2.60. The number of aliphatic hydroxyl groups excluding tert-OH is 3. The number of carbonyl (C=O) groups excluding carboxylic acids is 2. The third-order valence-corrected chi connectivity index (χ3v) is 2.69. The van der Waals surface area contributed by atoms with Gasteiger partial charge in [-0.25, -0.2) is 0 Å². The lowest BCUT2D eigenvalue weighted by Gasteiger charge is -2.31. The van der Waals surface area contributed by atoms with E-state index < -0.39 is 42.3 Å². The maximum atomic E-state index is 12.1. The molecule has 0 aromatic rings. The molecule has 8 nitrogen and oxygen atoms in total. The van der Waals surface area contributed by atoms with Crippen LogP contribution in [0.5, 0.6) is 0 Å². The van der Waals surface area contributed by atoms with E-state index >= 15 is 0 Å². The van der Waals surface area contributed by atoms with Gasteiger partial charge in [-0.15, -0.1) is 0 Å². The number of nitrogens with zero attached hydrogens (tertiary/aromatic N) is 2. The average Bonchev–Trinajstić information content (AvgIpc) is 2.43. The van der Waals surface area contributed by atoms with Gasteiger partial charge in [0.25, 0.3) is 0 Å². The molecule has 0 radical (unpaired) electrons. The van der Waals surface area contributed by atoms with Crippen LogP contribution in [0.4, 0.5) is 0 Å². The van der Waals surface area contributed by atoms with E-state index in [1.165, 1.54) is 27.7 Å². The molecule has 0 heterocycles. The standard InChI is InChI=1S/C12H23N3O5/c1-10(2,5-16)14-15-11(3,4)9(20)13-12(6-17,7-18)8-19/h5,17-19H,6-8H2,1-4H3,(H,13,20). The molecular formula is C12H23N3O5. The first kappa shape index (κ1) is 18.6. The number of nitrogens with one attached hydrogen (secondary N) is 1. The van der Waals surface area contributed by atoms with E-state index in [-0.39, 0.29) is 0 Å². The first-order valence-corrected chi connectivity index (χ1v) is 6.14. The molecule has 0 bridgehead atoms. The molecule has 0 aromatic heterocycles. The minimum absolute atomic E-state index is 0.601. The van der Waals surface area contributed by atoms with Crippen LogP contribution in [0.25, 0.3) is 0 Å². The molecule has 4 N–H and O–H groups in total. The summed E-state index contributed by atoms with van der Waals surface area (Å²) in [6.07, 6.45) is 0.601. The molecule has 0 atom stereocenters. The average molecular weight is 289 g/mol. The molecule has 8 heteroatoms. The maximum Gasteiger partial charge on any atom is 0.249 e. The van der Waals surface area contributed by atoms with Crippen LogP contribution in [0.3, 0.4) is 0 Å². The highest BCUT2D eigenvalue weighted by Crippen LogP contribution is 2.16. The number of hydrogen-bond acceptors (Lipinski definition) is 7. The molecule has 0 saturated heterocycles. The highest BCUT2D eigenvalue weighted by molar-refractivity contribution is 5.86. The Balaban J connectivity index is 5.04. The SMILES string of the molecule is CC(C)(C=O)N=NC(C)(C)C(=O)NC(CO)(CO)CO. The van der Waals surface area contributed by atoms with Crippen LogP contribution in [0.1, 0.15) is 27.7 Å². The van der Waals surface area contributed by atoms with Crippen molar-refractivity contribution in [3.05, 3.63) is 0 Å². The molecule has 1 amide bonds. The second kappa shape index (κ2) is 6.87. The molecule has 0 aromatic carbocycles. The summed E-state index contributed by atoms with van der Waals surface area (Å²) >= 11 is 0. The minimum Gasteiger partial charge on any atom is -0.394 e. The van der Waals surface area contributed by atoms with Gasteiger partial charge in [0.15, 0.2) is 5.54 Å². The fraction of sp³-hybridized carbons (Fsp3) is 0.833. The van der Waals surface area contributed by atoms with Crippen molar-refractivity contribution >= 4 is 12.2 Å². The lowest BCUT2D eigenvalue weighted by molar-refractivity contribution is -0.129. The molecule has 0 aliphatic rings. The summed E-state index contributed by atoms with van der Waals surface area (Å²) in [6.45, 7) is 4.12. The molecule has 20 heavy (non-hydrogen) atoms. The van der Waals surface area contributed by atoms with Gasteiger partial charge >= 0.3 is 0 Å². The van der Waals surface area contributed by atoms with Crippen LogP contribution >= 0.6 is 0 Å². The van der Waals surface area contributed by atoms with Crippen molar-refractivity contribution in [1.29, 1.82) is 0 Å². The van der Waals surface area contributed by atoms with Crippen LogP contribution in [0.2, 0.25) is 0 Å². The molecular weight excluding hydrogens is 266 g/mol. The van der Waals surface area contributed by atoms with Crippen LogP contribution < -0.4 is 5.32 Å². The van der Waals surface area contributed by atoms with Crippen LogP contribution in [-0.2, 0) is 9.59 Å². The Morgan fingerprint density at radius 1 is 1.05 bits per heavy atom. The summed E-state index contributed by atoms with van der Waals surface area (Å²) in [5.74, 6) is -0.639. The Kier molecular flexibility index (Phi) is 6.39. The normalized spacial score (nSPS) is 13.6. The Bertz CT molecular complexity index is 367. The summed E-state index contributed by atoms with van der Waals surface area (Å²) < 4.78 is 0. The number of amides is 1. The van der Waals surface area contributed by atoms with E-state index in [1.54, 1.807) is 0 Å². The Labute approximate surface area is 117 Å². The second-order valence-electron chi connectivity index (χ2n) is 5.74. The number of azo groups is 1. The Hall–Kier alpha value is -1.38. The van der Waals surface area contributed by atoms with Crippen LogP contribution in [0, 0.1) is 0 Å². The zero-order chi connectivity index (χ0) is 16.0. The highest BCUT2D eigenvalue weighted by Gasteiger charge is 2.37. The number of aldehydes is 1. The van der Waals surface area contributed by atoms with Crippen molar-refractivity contribution in [2.75, 3.05) is 19.8 Å². The summed E-state index contributed by atoms with van der Waals surface area (Å²) in [6, 6.07) is 0. The van der Waals surface area contributed by atoms with Gasteiger partial charge in [0.05, 0.1) is 19.8 Å². The molecule has 116 valence electrons. The van der Waals surface area contributed by atoms with Crippen molar-refractivity contribution in [3.8, 4) is 0 Å². The predicted molar refractivity (Wildman–Crippen MR) is 71.2 cm³/mol. The molecule has 0 saturated carbocycles. The smallest absolute Gasteiger partial charge is 0.249 e. The Morgan fingerprint density at radius 2 is 1.50 bits per heavy atom. The first-order chi connectivity index (χ1) is 9.08. The zero-order valence-electron chi connectivity index (χ0n) is 12.3. The molecule has 0 unspecified atom stereocenters. The quantitative estimate of drug-likeness (QED) is 0.337. The second-order valence-corrected chi connectivity index (χ2v) is 5.74. The van der Waals surface area contributed by atoms with E-state index in [0.717, 1.165) is 0 Å². The van der Waals surface area contributed by atoms with Gasteiger partial charge in [-0.3, -0.25) is 4.79 Å². The van der Waals surface area contributed by atoms with Crippen LogP contribution in [0.15, 0.2) is 10.2 Å². The van der Waals surface area contributed by atoms with Gasteiger partial charge in [-0.2, -0.15) is 10.2 Å². The Morgan fingerprint density at radius 3 is 1.85 bits per heavy atom. The van der Waals surface area contributed by atoms with E-state index in [9.17, 15) is 9.59 Å². The highest BCUT2D eigenvalue weighted by atomic mass is 16.3. The monoisotopic (exact) mass is 289 g/mol. The van der Waals surface area contributed by atoms with Crippen LogP contribution in [-0.4, -0.2) is 64.0 Å². The number of carbonyl (C=O) groups is 2. The van der Waals surface area contributed by atoms with Gasteiger partial charge in [0, 0.05) is 0 Å². The van der Waals surface area contributed by atoms with Gasteiger partial charge in [0.1, 0.15) is 17.4 Å². The number of hydrogen-bond donors (Lipinski definition) is 4. The minimum atomic E-state index is -1.52. The largest absolute Gasteiger partial charge is 0.394 e. The third-order valence-electron chi connectivity index (χ3n) is 2.69. The zero-order valence-corrected chi connectivity index (χ0v) is 12.3. The lowest BCUT2D eigenvalue weighted by atomic mass is 9.99. The summed E-state index contributed by atoms with van der Waals surface area (Å²) in [5, 5.41) is 37.4. The molecule has 0 aliphatic heterocycles. The predicted octanol–water partition coefficient (Wildman–Crippen LogP) is -0.973. The summed E-state index contributed by atoms with van der Waals surface area (Å²) in [5.41, 5.74) is -3.88. The van der Waals surface area contributed by atoms with Crippen molar-refractivity contribution in [3.63, 3.8) is 0 Å². The van der Waals surface area contributed by atoms with Crippen molar-refractivity contribution in [1.82, 2.24) is 5.32 Å². The fourth-order valence-electron chi connectivity index (χ4n) is 0.985. The van der Waals surface area contributed by atoms with E-state index in [2.05, 4.69) is 15.5 Å². The summed E-state index contributed by atoms with van der Waals surface area (Å²) in [7, 11) is 0. The fourth-order valence-corrected chi connectivity index (χ4v) is 0.985. The van der Waals surface area contributed by atoms with E-state index in [4.69, 9.17) is 15.3 Å². The maximum absolute atomic E-state index is 12.1. The van der Waals surface area contributed by atoms with Gasteiger partial charge in [0.2, 0.25) is 5.91 Å². The number of rotatable bonds is 8.